The van der Waals surface area contributed by atoms with Gasteiger partial charge in [0.1, 0.15) is 23.7 Å². The smallest absolute Gasteiger partial charge is 0.322 e. The molecule has 0 saturated carbocycles. The Morgan fingerprint density at radius 1 is 1.33 bits per heavy atom. The minimum absolute atomic E-state index is 0.0368. The summed E-state index contributed by atoms with van der Waals surface area (Å²) in [7, 11) is 0. The lowest BCUT2D eigenvalue weighted by Crippen LogP contribution is -2.42. The maximum absolute atomic E-state index is 14.1. The van der Waals surface area contributed by atoms with E-state index in [1.807, 2.05) is 0 Å². The summed E-state index contributed by atoms with van der Waals surface area (Å²) >= 11 is 5.84. The second-order valence-corrected chi connectivity index (χ2v) is 6.32. The molecule has 140 valence electrons. The van der Waals surface area contributed by atoms with Crippen LogP contribution in [-0.2, 0) is 15.1 Å². The van der Waals surface area contributed by atoms with Gasteiger partial charge in [-0.2, -0.15) is 0 Å². The van der Waals surface area contributed by atoms with Crippen molar-refractivity contribution in [1.82, 2.24) is 15.2 Å². The molecule has 4 amide bonds. The number of hydrogen-bond acceptors (Lipinski definition) is 4. The molecule has 1 aromatic heterocycles. The van der Waals surface area contributed by atoms with E-state index in [0.29, 0.717) is 4.90 Å². The van der Waals surface area contributed by atoms with E-state index in [1.54, 1.807) is 6.07 Å². The van der Waals surface area contributed by atoms with Crippen LogP contribution in [-0.4, -0.2) is 34.3 Å². The number of aromatic nitrogens is 1. The third-order valence-corrected chi connectivity index (χ3v) is 4.38. The molecule has 27 heavy (non-hydrogen) atoms. The minimum Gasteiger partial charge on any atom is -0.322 e. The highest BCUT2D eigenvalue weighted by molar-refractivity contribution is 6.32. The number of amides is 4. The number of hydrogen-bond donors (Lipinski definition) is 2. The van der Waals surface area contributed by atoms with Crippen molar-refractivity contribution in [3.8, 4) is 0 Å². The number of halogens is 3. The highest BCUT2D eigenvalue weighted by Crippen LogP contribution is 2.31. The Bertz CT molecular complexity index is 956. The molecule has 0 unspecified atom stereocenters. The average molecular weight is 395 g/mol. The van der Waals surface area contributed by atoms with Crippen molar-refractivity contribution in [3.05, 3.63) is 58.9 Å². The molecule has 10 heteroatoms. The van der Waals surface area contributed by atoms with Crippen LogP contribution in [0.3, 0.4) is 0 Å². The van der Waals surface area contributed by atoms with Crippen molar-refractivity contribution in [1.29, 1.82) is 0 Å². The van der Waals surface area contributed by atoms with Gasteiger partial charge in [0.2, 0.25) is 5.91 Å². The number of imide groups is 1. The standard InChI is InChI=1S/C17H13ClF2N4O3/c1-17(10-7-9(19)4-5-11(10)20)15(26)24(16(27)23-17)8-13(25)22-12-3-2-6-21-14(12)18/h2-7H,8H2,1H3,(H,22,25)(H,23,27)/t17-/m1/s1. The van der Waals surface area contributed by atoms with Gasteiger partial charge in [-0.3, -0.25) is 14.5 Å². The lowest BCUT2D eigenvalue weighted by atomic mass is 9.91. The Morgan fingerprint density at radius 2 is 2.07 bits per heavy atom. The Hall–Kier alpha value is -3.07. The number of carbonyl (C=O) groups excluding carboxylic acids is 3. The SMILES string of the molecule is C[C@]1(c2cc(F)ccc2F)NC(=O)N(CC(=O)Nc2cccnc2Cl)C1=O. The molecule has 7 nitrogen and oxygen atoms in total. The zero-order valence-corrected chi connectivity index (χ0v) is 14.7. The van der Waals surface area contributed by atoms with E-state index in [-0.39, 0.29) is 16.4 Å². The van der Waals surface area contributed by atoms with E-state index < -0.39 is 41.6 Å². The number of nitrogens with one attached hydrogen (secondary N) is 2. The fourth-order valence-electron chi connectivity index (χ4n) is 2.72. The summed E-state index contributed by atoms with van der Waals surface area (Å²) in [6.07, 6.45) is 1.43. The van der Waals surface area contributed by atoms with E-state index in [2.05, 4.69) is 15.6 Å². The molecule has 2 aromatic rings. The summed E-state index contributed by atoms with van der Waals surface area (Å²) < 4.78 is 27.6. The van der Waals surface area contributed by atoms with Crippen LogP contribution in [0.5, 0.6) is 0 Å². The Labute approximate surface area is 157 Å². The Balaban J connectivity index is 1.81. The van der Waals surface area contributed by atoms with Crippen molar-refractivity contribution >= 4 is 35.1 Å². The van der Waals surface area contributed by atoms with Crippen molar-refractivity contribution in [3.63, 3.8) is 0 Å². The van der Waals surface area contributed by atoms with Crippen LogP contribution >= 0.6 is 11.6 Å². The lowest BCUT2D eigenvalue weighted by Gasteiger charge is -2.22. The normalized spacial score (nSPS) is 19.2. The number of nitrogens with zero attached hydrogens (tertiary/aromatic N) is 2. The van der Waals surface area contributed by atoms with Gasteiger partial charge in [0.25, 0.3) is 5.91 Å². The first-order valence-electron chi connectivity index (χ1n) is 7.72. The molecule has 1 aliphatic rings. The fourth-order valence-corrected chi connectivity index (χ4v) is 2.88. The first-order chi connectivity index (χ1) is 12.7. The largest absolute Gasteiger partial charge is 0.325 e. The van der Waals surface area contributed by atoms with Gasteiger partial charge >= 0.3 is 6.03 Å². The van der Waals surface area contributed by atoms with E-state index in [9.17, 15) is 23.2 Å². The predicted octanol–water partition coefficient (Wildman–Crippen LogP) is 2.42. The molecule has 2 heterocycles. The summed E-state index contributed by atoms with van der Waals surface area (Å²) in [6, 6.07) is 4.71. The maximum atomic E-state index is 14.1. The Kier molecular flexibility index (Phi) is 4.79. The van der Waals surface area contributed by atoms with Crippen molar-refractivity contribution < 1.29 is 23.2 Å². The zero-order valence-electron chi connectivity index (χ0n) is 13.9. The molecule has 1 fully saturated rings. The lowest BCUT2D eigenvalue weighted by molar-refractivity contribution is -0.133. The molecule has 3 rings (SSSR count). The predicted molar refractivity (Wildman–Crippen MR) is 91.8 cm³/mol. The quantitative estimate of drug-likeness (QED) is 0.615. The molecule has 2 N–H and O–H groups in total. The number of rotatable bonds is 4. The highest BCUT2D eigenvalue weighted by Gasteiger charge is 2.50. The number of carbonyl (C=O) groups is 3. The molecule has 1 aromatic carbocycles. The van der Waals surface area contributed by atoms with E-state index in [0.717, 1.165) is 18.2 Å². The molecule has 0 spiro atoms. The van der Waals surface area contributed by atoms with Crippen LogP contribution in [0.2, 0.25) is 5.15 Å². The second-order valence-electron chi connectivity index (χ2n) is 5.96. The summed E-state index contributed by atoms with van der Waals surface area (Å²) in [5.41, 5.74) is -1.97. The van der Waals surface area contributed by atoms with Crippen molar-refractivity contribution in [2.24, 2.45) is 0 Å². The van der Waals surface area contributed by atoms with E-state index in [1.165, 1.54) is 19.2 Å². The van der Waals surface area contributed by atoms with Crippen LogP contribution in [0, 0.1) is 11.6 Å². The van der Waals surface area contributed by atoms with Gasteiger partial charge in [-0.05, 0) is 37.3 Å². The van der Waals surface area contributed by atoms with Crippen molar-refractivity contribution in [2.45, 2.75) is 12.5 Å². The minimum atomic E-state index is -1.84. The van der Waals surface area contributed by atoms with Crippen LogP contribution in [0.25, 0.3) is 0 Å². The van der Waals surface area contributed by atoms with Gasteiger partial charge in [0.15, 0.2) is 5.15 Å². The van der Waals surface area contributed by atoms with Gasteiger partial charge in [-0.1, -0.05) is 11.6 Å². The van der Waals surface area contributed by atoms with Crippen molar-refractivity contribution in [2.75, 3.05) is 11.9 Å². The monoisotopic (exact) mass is 394 g/mol. The summed E-state index contributed by atoms with van der Waals surface area (Å²) in [5.74, 6) is -3.22. The third kappa shape index (κ3) is 3.45. The molecule has 1 saturated heterocycles. The number of pyridine rings is 1. The number of benzene rings is 1. The van der Waals surface area contributed by atoms with E-state index in [4.69, 9.17) is 11.6 Å². The van der Waals surface area contributed by atoms with E-state index >= 15 is 0 Å². The molecule has 0 bridgehead atoms. The van der Waals surface area contributed by atoms with Crippen LogP contribution in [0.4, 0.5) is 19.3 Å². The number of anilines is 1. The Morgan fingerprint density at radius 3 is 2.78 bits per heavy atom. The maximum Gasteiger partial charge on any atom is 0.325 e. The zero-order chi connectivity index (χ0) is 19.8. The average Bonchev–Trinajstić information content (AvgIpc) is 2.83. The molecular formula is C17H13ClF2N4O3. The summed E-state index contributed by atoms with van der Waals surface area (Å²) in [6.45, 7) is 0.601. The second kappa shape index (κ2) is 6.92. The summed E-state index contributed by atoms with van der Waals surface area (Å²) in [5, 5.41) is 4.77. The van der Waals surface area contributed by atoms with Gasteiger partial charge in [0.05, 0.1) is 5.69 Å². The molecule has 0 aliphatic carbocycles. The first kappa shape index (κ1) is 18.7. The van der Waals surface area contributed by atoms with Gasteiger partial charge in [0, 0.05) is 11.8 Å². The summed E-state index contributed by atoms with van der Waals surface area (Å²) in [4.78, 5) is 41.5. The van der Waals surface area contributed by atoms with Crippen LogP contribution < -0.4 is 10.6 Å². The topological polar surface area (TPSA) is 91.4 Å². The van der Waals surface area contributed by atoms with Crippen LogP contribution in [0.1, 0.15) is 12.5 Å². The molecule has 0 radical (unpaired) electrons. The molecule has 1 aliphatic heterocycles. The highest BCUT2D eigenvalue weighted by atomic mass is 35.5. The van der Waals surface area contributed by atoms with Gasteiger partial charge in [-0.15, -0.1) is 0 Å². The first-order valence-corrected chi connectivity index (χ1v) is 8.10. The van der Waals surface area contributed by atoms with Gasteiger partial charge in [-0.25, -0.2) is 18.6 Å². The number of urea groups is 1. The third-order valence-electron chi connectivity index (χ3n) is 4.08. The molecule has 1 atom stereocenters. The fraction of sp³-hybridized carbons (Fsp3) is 0.176. The molecular weight excluding hydrogens is 382 g/mol. The van der Waals surface area contributed by atoms with Gasteiger partial charge < -0.3 is 10.6 Å². The van der Waals surface area contributed by atoms with Crippen LogP contribution in [0.15, 0.2) is 36.5 Å².